The summed E-state index contributed by atoms with van der Waals surface area (Å²) >= 11 is 0. The number of ether oxygens (including phenoxy) is 3. The van der Waals surface area contributed by atoms with Crippen molar-refractivity contribution in [1.29, 1.82) is 0 Å². The average Bonchev–Trinajstić information content (AvgIpc) is 3.21. The van der Waals surface area contributed by atoms with Crippen molar-refractivity contribution in [2.24, 2.45) is 5.92 Å². The topological polar surface area (TPSA) is 27.7 Å². The van der Waals surface area contributed by atoms with Gasteiger partial charge in [-0.15, -0.1) is 0 Å². The summed E-state index contributed by atoms with van der Waals surface area (Å²) < 4.78 is 17.6. The molecule has 1 rings (SSSR count). The Balaban J connectivity index is 1.76. The summed E-state index contributed by atoms with van der Waals surface area (Å²) in [6, 6.07) is 0. The normalized spacial score (nSPS) is 19.0. The Kier molecular flexibility index (Phi) is 20.6. The van der Waals surface area contributed by atoms with Crippen molar-refractivity contribution >= 4 is 0 Å². The fraction of sp³-hybridized carbons (Fsp3) is 0.963. The van der Waals surface area contributed by atoms with Crippen LogP contribution in [0.15, 0.2) is 0 Å². The first-order chi connectivity index (χ1) is 14.9. The zero-order valence-electron chi connectivity index (χ0n) is 20.4. The van der Waals surface area contributed by atoms with Crippen molar-refractivity contribution in [3.05, 3.63) is 6.92 Å². The molecule has 0 spiro atoms. The molecule has 1 aliphatic heterocycles. The van der Waals surface area contributed by atoms with Gasteiger partial charge in [0.05, 0.1) is 25.9 Å². The Labute approximate surface area is 189 Å². The van der Waals surface area contributed by atoms with Crippen LogP contribution in [0, 0.1) is 12.8 Å². The molecular weight excluding hydrogens is 372 g/mol. The molecule has 0 aromatic carbocycles. The summed E-state index contributed by atoms with van der Waals surface area (Å²) in [4.78, 5) is 0. The predicted molar refractivity (Wildman–Crippen MR) is 129 cm³/mol. The van der Waals surface area contributed by atoms with Crippen molar-refractivity contribution in [2.75, 3.05) is 33.0 Å². The molecule has 1 fully saturated rings. The van der Waals surface area contributed by atoms with Crippen molar-refractivity contribution in [2.45, 2.75) is 129 Å². The number of hydrogen-bond acceptors (Lipinski definition) is 3. The first-order valence-corrected chi connectivity index (χ1v) is 13.4. The third-order valence-corrected chi connectivity index (χ3v) is 6.25. The van der Waals surface area contributed by atoms with Gasteiger partial charge in [-0.05, 0) is 19.3 Å². The van der Waals surface area contributed by atoms with Crippen molar-refractivity contribution in [3.8, 4) is 0 Å². The molecule has 1 aliphatic rings. The molecule has 0 saturated carbocycles. The summed E-state index contributed by atoms with van der Waals surface area (Å²) in [7, 11) is 0. The molecule has 3 heteroatoms. The summed E-state index contributed by atoms with van der Waals surface area (Å²) in [5.74, 6) is 0.563. The van der Waals surface area contributed by atoms with E-state index in [0.717, 1.165) is 52.3 Å². The second-order valence-corrected chi connectivity index (χ2v) is 9.36. The van der Waals surface area contributed by atoms with Crippen LogP contribution < -0.4 is 0 Å². The highest BCUT2D eigenvalue weighted by molar-refractivity contribution is 4.73. The van der Waals surface area contributed by atoms with Gasteiger partial charge in [-0.3, -0.25) is 0 Å². The zero-order valence-corrected chi connectivity index (χ0v) is 20.4. The van der Waals surface area contributed by atoms with Gasteiger partial charge in [-0.2, -0.15) is 0 Å². The van der Waals surface area contributed by atoms with Gasteiger partial charge in [0, 0.05) is 19.1 Å². The summed E-state index contributed by atoms with van der Waals surface area (Å²) in [6.45, 7) is 10.4. The smallest absolute Gasteiger partial charge is 0.0813 e. The van der Waals surface area contributed by atoms with Crippen molar-refractivity contribution in [1.82, 2.24) is 0 Å². The molecule has 0 N–H and O–H groups in total. The molecule has 0 aromatic heterocycles. The molecule has 30 heavy (non-hydrogen) atoms. The number of unbranched alkanes of at least 4 members (excludes halogenated alkanes) is 15. The van der Waals surface area contributed by atoms with Crippen molar-refractivity contribution in [3.63, 3.8) is 0 Å². The summed E-state index contributed by atoms with van der Waals surface area (Å²) in [5, 5.41) is 0. The minimum absolute atomic E-state index is 0.282. The van der Waals surface area contributed by atoms with E-state index in [1.807, 2.05) is 0 Å². The third kappa shape index (κ3) is 17.5. The average molecular weight is 426 g/mol. The maximum Gasteiger partial charge on any atom is 0.0813 e. The van der Waals surface area contributed by atoms with Crippen LogP contribution >= 0.6 is 0 Å². The Morgan fingerprint density at radius 1 is 0.667 bits per heavy atom. The van der Waals surface area contributed by atoms with E-state index in [2.05, 4.69) is 13.8 Å². The lowest BCUT2D eigenvalue weighted by atomic mass is 10.1. The number of hydrogen-bond donors (Lipinski definition) is 0. The molecule has 0 aliphatic carbocycles. The van der Waals surface area contributed by atoms with Gasteiger partial charge in [0.25, 0.3) is 0 Å². The fourth-order valence-electron chi connectivity index (χ4n) is 4.26. The van der Waals surface area contributed by atoms with Crippen molar-refractivity contribution < 1.29 is 14.2 Å². The van der Waals surface area contributed by atoms with Crippen LogP contribution in [0.2, 0.25) is 0 Å². The van der Waals surface area contributed by atoms with E-state index < -0.39 is 0 Å². The Bertz CT molecular complexity index is 334. The lowest BCUT2D eigenvalue weighted by molar-refractivity contribution is 0.0141. The maximum atomic E-state index is 5.91. The van der Waals surface area contributed by atoms with Gasteiger partial charge >= 0.3 is 0 Å². The molecule has 0 unspecified atom stereocenters. The number of rotatable bonds is 23. The molecule has 1 heterocycles. The van der Waals surface area contributed by atoms with Crippen LogP contribution in [-0.2, 0) is 14.2 Å². The van der Waals surface area contributed by atoms with Gasteiger partial charge in [-0.25, -0.2) is 0 Å². The van der Waals surface area contributed by atoms with Gasteiger partial charge in [-0.1, -0.05) is 110 Å². The first-order valence-electron chi connectivity index (χ1n) is 13.4. The standard InChI is InChI=1S/C27H53O3/c1-3-5-7-9-10-11-12-13-14-15-17-19-20-28-23-26-22-27(30-24-26)25-29-21-18-16-8-6-4-2/h26-27H,2-25H2,1H3/t26-,27-/m0/s1. The largest absolute Gasteiger partial charge is 0.381 e. The zero-order chi connectivity index (χ0) is 21.5. The molecule has 0 bridgehead atoms. The van der Waals surface area contributed by atoms with E-state index in [4.69, 9.17) is 14.2 Å². The van der Waals surface area contributed by atoms with E-state index in [1.54, 1.807) is 0 Å². The lowest BCUT2D eigenvalue weighted by Crippen LogP contribution is -2.15. The highest BCUT2D eigenvalue weighted by atomic mass is 16.5. The third-order valence-electron chi connectivity index (χ3n) is 6.25. The van der Waals surface area contributed by atoms with E-state index >= 15 is 0 Å². The molecule has 0 amide bonds. The second-order valence-electron chi connectivity index (χ2n) is 9.36. The van der Waals surface area contributed by atoms with E-state index in [-0.39, 0.29) is 6.10 Å². The molecule has 1 radical (unpaired) electrons. The van der Waals surface area contributed by atoms with Gasteiger partial charge in [0.2, 0.25) is 0 Å². The van der Waals surface area contributed by atoms with E-state index in [1.165, 1.54) is 96.3 Å². The summed E-state index contributed by atoms with van der Waals surface area (Å²) in [6.07, 6.45) is 24.1. The molecule has 0 aromatic rings. The van der Waals surface area contributed by atoms with Crippen LogP contribution in [0.4, 0.5) is 0 Å². The van der Waals surface area contributed by atoms with Crippen LogP contribution in [0.5, 0.6) is 0 Å². The Morgan fingerprint density at radius 2 is 1.17 bits per heavy atom. The highest BCUT2D eigenvalue weighted by Gasteiger charge is 2.25. The minimum Gasteiger partial charge on any atom is -0.381 e. The van der Waals surface area contributed by atoms with Gasteiger partial charge in [0.15, 0.2) is 0 Å². The van der Waals surface area contributed by atoms with Crippen LogP contribution in [-0.4, -0.2) is 39.1 Å². The SMILES string of the molecule is [CH2]CCCCCCOC[C@@H]1C[C@@H](COCCCCCCCCCCCCCC)CO1. The van der Waals surface area contributed by atoms with Gasteiger partial charge in [0.1, 0.15) is 0 Å². The highest BCUT2D eigenvalue weighted by Crippen LogP contribution is 2.20. The first kappa shape index (κ1) is 27.9. The van der Waals surface area contributed by atoms with Gasteiger partial charge < -0.3 is 14.2 Å². The maximum absolute atomic E-state index is 5.91. The monoisotopic (exact) mass is 425 g/mol. The fourth-order valence-corrected chi connectivity index (χ4v) is 4.26. The predicted octanol–water partition coefficient (Wildman–Crippen LogP) is 7.91. The lowest BCUT2D eigenvalue weighted by Gasteiger charge is -2.11. The summed E-state index contributed by atoms with van der Waals surface area (Å²) in [5.41, 5.74) is 0. The Morgan fingerprint density at radius 3 is 1.73 bits per heavy atom. The van der Waals surface area contributed by atoms with Crippen LogP contribution in [0.3, 0.4) is 0 Å². The Hall–Kier alpha value is -0.120. The molecule has 179 valence electrons. The molecular formula is C27H53O3. The second kappa shape index (κ2) is 22.1. The van der Waals surface area contributed by atoms with Crippen LogP contribution in [0.25, 0.3) is 0 Å². The van der Waals surface area contributed by atoms with E-state index in [9.17, 15) is 0 Å². The van der Waals surface area contributed by atoms with E-state index in [0.29, 0.717) is 5.92 Å². The molecule has 1 saturated heterocycles. The minimum atomic E-state index is 0.282. The molecule has 3 nitrogen and oxygen atoms in total. The quantitative estimate of drug-likeness (QED) is 0.156. The van der Waals surface area contributed by atoms with Crippen LogP contribution in [0.1, 0.15) is 122 Å². The molecule has 2 atom stereocenters.